The van der Waals surface area contributed by atoms with Gasteiger partial charge in [-0.15, -0.1) is 0 Å². The Morgan fingerprint density at radius 1 is 1.33 bits per heavy atom. The minimum atomic E-state index is -3.45. The first-order valence-electron chi connectivity index (χ1n) is 6.31. The average molecular weight is 369 g/mol. The van der Waals surface area contributed by atoms with Gasteiger partial charge in [-0.25, -0.2) is 8.42 Å². The second-order valence-electron chi connectivity index (χ2n) is 4.83. The first kappa shape index (κ1) is 14.3. The largest absolute Gasteiger partial charge is 0.463 e. The molecule has 1 aliphatic rings. The summed E-state index contributed by atoms with van der Waals surface area (Å²) in [6.07, 6.45) is 3.19. The zero-order chi connectivity index (χ0) is 15.0. The summed E-state index contributed by atoms with van der Waals surface area (Å²) in [5.74, 6) is 0.598. The van der Waals surface area contributed by atoms with Gasteiger partial charge in [0.2, 0.25) is 10.0 Å². The molecule has 0 spiro atoms. The van der Waals surface area contributed by atoms with Gasteiger partial charge in [0.25, 0.3) is 0 Å². The number of hydrogen-bond acceptors (Lipinski definition) is 4. The van der Waals surface area contributed by atoms with E-state index in [4.69, 9.17) is 4.42 Å². The number of sulfonamides is 1. The normalized spacial score (nSPS) is 18.9. The highest BCUT2D eigenvalue weighted by molar-refractivity contribution is 9.10. The lowest BCUT2D eigenvalue weighted by Crippen LogP contribution is -2.25. The zero-order valence-corrected chi connectivity index (χ0v) is 13.6. The molecule has 0 N–H and O–H groups in total. The monoisotopic (exact) mass is 368 g/mol. The fraction of sp³-hybridized carbons (Fsp3) is 0.214. The molecule has 5 nitrogen and oxygen atoms in total. The molecule has 0 aliphatic carbocycles. The summed E-state index contributed by atoms with van der Waals surface area (Å²) in [6, 6.07) is 10.8. The highest BCUT2D eigenvalue weighted by Gasteiger charge is 2.35. The Morgan fingerprint density at radius 2 is 2.14 bits per heavy atom. The molecule has 7 heteroatoms. The maximum Gasteiger partial charge on any atom is 0.247 e. The van der Waals surface area contributed by atoms with Crippen molar-refractivity contribution in [2.75, 3.05) is 6.26 Å². The van der Waals surface area contributed by atoms with Crippen LogP contribution < -0.4 is 0 Å². The SMILES string of the molecule is CS(=O)(=O)N1N=C(c2ccco2)C[C@H]1c1cccc(Br)c1. The Morgan fingerprint density at radius 3 is 2.76 bits per heavy atom. The van der Waals surface area contributed by atoms with E-state index >= 15 is 0 Å². The molecule has 1 aromatic heterocycles. The van der Waals surface area contributed by atoms with Crippen LogP contribution in [-0.2, 0) is 10.0 Å². The average Bonchev–Trinajstić information content (AvgIpc) is 3.07. The summed E-state index contributed by atoms with van der Waals surface area (Å²) >= 11 is 3.41. The highest BCUT2D eigenvalue weighted by atomic mass is 79.9. The van der Waals surface area contributed by atoms with Crippen molar-refractivity contribution in [2.24, 2.45) is 5.10 Å². The Kier molecular flexibility index (Phi) is 3.62. The van der Waals surface area contributed by atoms with Gasteiger partial charge >= 0.3 is 0 Å². The summed E-state index contributed by atoms with van der Waals surface area (Å²) in [4.78, 5) is 0. The summed E-state index contributed by atoms with van der Waals surface area (Å²) in [5.41, 5.74) is 1.52. The smallest absolute Gasteiger partial charge is 0.247 e. The molecule has 3 rings (SSSR count). The molecule has 0 unspecified atom stereocenters. The molecule has 0 radical (unpaired) electrons. The van der Waals surface area contributed by atoms with Crippen molar-refractivity contribution in [1.29, 1.82) is 0 Å². The van der Waals surface area contributed by atoms with E-state index in [2.05, 4.69) is 21.0 Å². The zero-order valence-electron chi connectivity index (χ0n) is 11.2. The van der Waals surface area contributed by atoms with Crippen LogP contribution in [0.25, 0.3) is 0 Å². The van der Waals surface area contributed by atoms with Crippen LogP contribution >= 0.6 is 15.9 Å². The molecule has 2 heterocycles. The lowest BCUT2D eigenvalue weighted by atomic mass is 10.0. The van der Waals surface area contributed by atoms with Gasteiger partial charge in [0.05, 0.1) is 18.6 Å². The number of benzene rings is 1. The van der Waals surface area contributed by atoms with Crippen molar-refractivity contribution in [3.8, 4) is 0 Å². The number of rotatable bonds is 3. The van der Waals surface area contributed by atoms with Gasteiger partial charge in [-0.05, 0) is 29.8 Å². The Balaban J connectivity index is 2.02. The maximum atomic E-state index is 12.0. The third kappa shape index (κ3) is 2.89. The van der Waals surface area contributed by atoms with E-state index in [1.54, 1.807) is 18.4 Å². The van der Waals surface area contributed by atoms with E-state index in [-0.39, 0.29) is 6.04 Å². The van der Waals surface area contributed by atoms with Crippen LogP contribution in [0.3, 0.4) is 0 Å². The van der Waals surface area contributed by atoms with E-state index in [0.717, 1.165) is 20.7 Å². The molecule has 110 valence electrons. The van der Waals surface area contributed by atoms with Gasteiger partial charge in [0, 0.05) is 10.9 Å². The fourth-order valence-corrected chi connectivity index (χ4v) is 3.67. The Labute approximate surface area is 131 Å². The van der Waals surface area contributed by atoms with E-state index in [1.165, 1.54) is 0 Å². The number of furan rings is 1. The van der Waals surface area contributed by atoms with Crippen LogP contribution in [0.15, 0.2) is 56.7 Å². The van der Waals surface area contributed by atoms with Crippen molar-refractivity contribution < 1.29 is 12.8 Å². The van der Waals surface area contributed by atoms with Crippen molar-refractivity contribution >= 4 is 31.7 Å². The fourth-order valence-electron chi connectivity index (χ4n) is 2.35. The molecule has 1 aromatic carbocycles. The van der Waals surface area contributed by atoms with Gasteiger partial charge in [0.1, 0.15) is 11.5 Å². The standard InChI is InChI=1S/C14H13BrN2O3S/c1-21(18,19)17-13(10-4-2-5-11(15)8-10)9-12(16-17)14-6-3-7-20-14/h2-8,13H,9H2,1H3/t13-/m0/s1. The molecule has 0 saturated heterocycles. The molecule has 2 aromatic rings. The number of hydrazone groups is 1. The van der Waals surface area contributed by atoms with Crippen LogP contribution in [0.5, 0.6) is 0 Å². The lowest BCUT2D eigenvalue weighted by Gasteiger charge is -2.21. The minimum absolute atomic E-state index is 0.349. The van der Waals surface area contributed by atoms with Crippen molar-refractivity contribution in [3.05, 3.63) is 58.5 Å². The number of nitrogens with zero attached hydrogens (tertiary/aromatic N) is 2. The van der Waals surface area contributed by atoms with E-state index in [1.807, 2.05) is 24.3 Å². The van der Waals surface area contributed by atoms with Crippen LogP contribution in [-0.4, -0.2) is 24.8 Å². The molecule has 1 aliphatic heterocycles. The minimum Gasteiger partial charge on any atom is -0.463 e. The van der Waals surface area contributed by atoms with Crippen LogP contribution in [0.1, 0.15) is 23.8 Å². The highest BCUT2D eigenvalue weighted by Crippen LogP contribution is 2.35. The van der Waals surface area contributed by atoms with Crippen LogP contribution in [0.2, 0.25) is 0 Å². The number of hydrogen-bond donors (Lipinski definition) is 0. The molecule has 0 bridgehead atoms. The molecular formula is C14H13BrN2O3S. The predicted octanol–water partition coefficient (Wildman–Crippen LogP) is 3.15. The first-order valence-corrected chi connectivity index (χ1v) is 8.95. The van der Waals surface area contributed by atoms with Crippen LogP contribution in [0.4, 0.5) is 0 Å². The summed E-state index contributed by atoms with van der Waals surface area (Å²) in [7, 11) is -3.45. The number of halogens is 1. The first-order chi connectivity index (χ1) is 9.95. The third-order valence-corrected chi connectivity index (χ3v) is 4.76. The van der Waals surface area contributed by atoms with Crippen molar-refractivity contribution in [1.82, 2.24) is 4.41 Å². The topological polar surface area (TPSA) is 62.9 Å². The van der Waals surface area contributed by atoms with Gasteiger partial charge in [-0.1, -0.05) is 28.1 Å². The molecule has 0 saturated carbocycles. The molecule has 1 atom stereocenters. The second kappa shape index (κ2) is 5.31. The maximum absolute atomic E-state index is 12.0. The van der Waals surface area contributed by atoms with Crippen molar-refractivity contribution in [2.45, 2.75) is 12.5 Å². The molecule has 0 amide bonds. The summed E-state index contributed by atoms with van der Waals surface area (Å²) < 4.78 is 31.4. The predicted molar refractivity (Wildman–Crippen MR) is 83.4 cm³/mol. The van der Waals surface area contributed by atoms with E-state index < -0.39 is 10.0 Å². The Hall–Kier alpha value is -1.60. The van der Waals surface area contributed by atoms with Gasteiger partial charge in [-0.3, -0.25) is 0 Å². The summed E-state index contributed by atoms with van der Waals surface area (Å²) in [6.45, 7) is 0. The Bertz CT molecular complexity index is 784. The second-order valence-corrected chi connectivity index (χ2v) is 7.59. The quantitative estimate of drug-likeness (QED) is 0.835. The molecular weight excluding hydrogens is 356 g/mol. The molecule has 0 fully saturated rings. The van der Waals surface area contributed by atoms with Crippen LogP contribution in [0, 0.1) is 0 Å². The third-order valence-electron chi connectivity index (χ3n) is 3.25. The van der Waals surface area contributed by atoms with E-state index in [0.29, 0.717) is 17.9 Å². The van der Waals surface area contributed by atoms with Crippen molar-refractivity contribution in [3.63, 3.8) is 0 Å². The van der Waals surface area contributed by atoms with Gasteiger partial charge in [-0.2, -0.15) is 9.52 Å². The van der Waals surface area contributed by atoms with Gasteiger partial charge in [0.15, 0.2) is 0 Å². The summed E-state index contributed by atoms with van der Waals surface area (Å²) in [5, 5.41) is 4.24. The molecule has 21 heavy (non-hydrogen) atoms. The van der Waals surface area contributed by atoms with E-state index in [9.17, 15) is 8.42 Å². The lowest BCUT2D eigenvalue weighted by molar-refractivity contribution is 0.374. The van der Waals surface area contributed by atoms with Gasteiger partial charge < -0.3 is 4.42 Å².